The van der Waals surface area contributed by atoms with Gasteiger partial charge in [-0.3, -0.25) is 9.59 Å². The van der Waals surface area contributed by atoms with E-state index >= 15 is 0 Å². The van der Waals surface area contributed by atoms with Crippen LogP contribution in [0.25, 0.3) is 0 Å². The summed E-state index contributed by atoms with van der Waals surface area (Å²) in [6, 6.07) is 5.12. The van der Waals surface area contributed by atoms with Gasteiger partial charge >= 0.3 is 0 Å². The average Bonchev–Trinajstić information content (AvgIpc) is 2.39. The molecule has 1 aromatic rings. The number of carbonyl (C=O) groups is 2. The zero-order valence-corrected chi connectivity index (χ0v) is 13.8. The maximum atomic E-state index is 11.6. The number of hydrogen-bond donors (Lipinski definition) is 3. The number of amides is 2. The summed E-state index contributed by atoms with van der Waals surface area (Å²) in [6.07, 6.45) is 0.576. The lowest BCUT2D eigenvalue weighted by Crippen LogP contribution is -2.43. The average molecular weight is 355 g/mol. The zero-order valence-electron chi connectivity index (χ0n) is 11.5. The summed E-state index contributed by atoms with van der Waals surface area (Å²) in [6.45, 7) is 1.63. The Bertz CT molecular complexity index is 498. The Morgan fingerprint density at radius 2 is 1.95 bits per heavy atom. The van der Waals surface area contributed by atoms with Crippen LogP contribution in [0.2, 0.25) is 10.0 Å². The number of halogens is 3. The molecule has 0 aliphatic carbocycles. The molecule has 1 unspecified atom stereocenters. The highest BCUT2D eigenvalue weighted by atomic mass is 35.5. The van der Waals surface area contributed by atoms with E-state index in [1.807, 2.05) is 13.0 Å². The lowest BCUT2D eigenvalue weighted by Gasteiger charge is -2.15. The lowest BCUT2D eigenvalue weighted by atomic mass is 10.1. The molecule has 5 nitrogen and oxygen atoms in total. The van der Waals surface area contributed by atoms with Crippen molar-refractivity contribution in [3.63, 3.8) is 0 Å². The number of rotatable bonds is 6. The molecule has 0 radical (unpaired) electrons. The van der Waals surface area contributed by atoms with Crippen molar-refractivity contribution in [3.05, 3.63) is 33.8 Å². The summed E-state index contributed by atoms with van der Waals surface area (Å²) in [7, 11) is 0. The van der Waals surface area contributed by atoms with Gasteiger partial charge < -0.3 is 16.4 Å². The van der Waals surface area contributed by atoms with E-state index in [1.54, 1.807) is 12.1 Å². The molecule has 0 heterocycles. The van der Waals surface area contributed by atoms with Gasteiger partial charge in [0.05, 0.1) is 13.1 Å². The first-order chi connectivity index (χ1) is 9.42. The van der Waals surface area contributed by atoms with Crippen molar-refractivity contribution < 1.29 is 9.59 Å². The van der Waals surface area contributed by atoms with E-state index in [1.165, 1.54) is 0 Å². The molecule has 1 rings (SSSR count). The van der Waals surface area contributed by atoms with Crippen LogP contribution in [-0.4, -0.2) is 30.9 Å². The van der Waals surface area contributed by atoms with E-state index in [4.69, 9.17) is 28.9 Å². The molecule has 0 aromatic heterocycles. The van der Waals surface area contributed by atoms with Crippen LogP contribution in [0.1, 0.15) is 12.5 Å². The fourth-order valence-electron chi connectivity index (χ4n) is 1.65. The van der Waals surface area contributed by atoms with E-state index in [0.29, 0.717) is 16.5 Å². The molecule has 1 atom stereocenters. The maximum Gasteiger partial charge on any atom is 0.239 e. The van der Waals surface area contributed by atoms with Crippen LogP contribution in [0, 0.1) is 0 Å². The number of nitrogens with one attached hydrogen (secondary N) is 2. The van der Waals surface area contributed by atoms with E-state index in [0.717, 1.165) is 5.56 Å². The fourth-order valence-corrected chi connectivity index (χ4v) is 2.13. The van der Waals surface area contributed by atoms with Gasteiger partial charge in [0.2, 0.25) is 11.8 Å². The standard InChI is InChI=1S/C13H17Cl2N3O2.ClH/c1-8(18-13(20)7-17-12(19)6-16)4-9-2-3-10(14)5-11(9)15;/h2-3,5,8H,4,6-7,16H2,1H3,(H,17,19)(H,18,20);1H. The van der Waals surface area contributed by atoms with Gasteiger partial charge in [-0.05, 0) is 31.0 Å². The molecule has 0 spiro atoms. The molecule has 0 bridgehead atoms. The Hall–Kier alpha value is -1.01. The molecule has 0 aliphatic rings. The van der Waals surface area contributed by atoms with E-state index in [2.05, 4.69) is 10.6 Å². The Kier molecular flexibility index (Phi) is 9.37. The third-order valence-corrected chi connectivity index (χ3v) is 3.17. The minimum absolute atomic E-state index is 0. The highest BCUT2D eigenvalue weighted by Crippen LogP contribution is 2.21. The second kappa shape index (κ2) is 9.84. The summed E-state index contributed by atoms with van der Waals surface area (Å²) in [4.78, 5) is 22.5. The lowest BCUT2D eigenvalue weighted by molar-refractivity contribution is -0.125. The first kappa shape index (κ1) is 20.0. The van der Waals surface area contributed by atoms with Gasteiger partial charge in [0, 0.05) is 16.1 Å². The second-order valence-electron chi connectivity index (χ2n) is 4.39. The summed E-state index contributed by atoms with van der Waals surface area (Å²) in [5.74, 6) is -0.641. The van der Waals surface area contributed by atoms with E-state index < -0.39 is 0 Å². The van der Waals surface area contributed by atoms with Gasteiger partial charge in [-0.15, -0.1) is 12.4 Å². The molecule has 118 valence electrons. The van der Waals surface area contributed by atoms with Gasteiger partial charge in [-0.25, -0.2) is 0 Å². The Morgan fingerprint density at radius 3 is 2.52 bits per heavy atom. The second-order valence-corrected chi connectivity index (χ2v) is 5.23. The topological polar surface area (TPSA) is 84.2 Å². The molecule has 2 amide bonds. The molecule has 1 aromatic carbocycles. The normalized spacial score (nSPS) is 11.2. The third-order valence-electron chi connectivity index (χ3n) is 2.58. The van der Waals surface area contributed by atoms with Crippen molar-refractivity contribution in [3.8, 4) is 0 Å². The van der Waals surface area contributed by atoms with Crippen molar-refractivity contribution in [2.45, 2.75) is 19.4 Å². The predicted octanol–water partition coefficient (Wildman–Crippen LogP) is 1.54. The summed E-state index contributed by atoms with van der Waals surface area (Å²) < 4.78 is 0. The molecule has 0 fully saturated rings. The van der Waals surface area contributed by atoms with Crippen molar-refractivity contribution in [1.82, 2.24) is 10.6 Å². The van der Waals surface area contributed by atoms with Crippen LogP contribution < -0.4 is 16.4 Å². The van der Waals surface area contributed by atoms with Crippen molar-refractivity contribution in [1.29, 1.82) is 0 Å². The number of hydrogen-bond acceptors (Lipinski definition) is 3. The van der Waals surface area contributed by atoms with Gasteiger partial charge in [0.1, 0.15) is 0 Å². The molecule has 4 N–H and O–H groups in total. The SMILES string of the molecule is CC(Cc1ccc(Cl)cc1Cl)NC(=O)CNC(=O)CN.Cl. The van der Waals surface area contributed by atoms with E-state index in [9.17, 15) is 9.59 Å². The van der Waals surface area contributed by atoms with Gasteiger partial charge in [0.15, 0.2) is 0 Å². The molecule has 8 heteroatoms. The number of carbonyl (C=O) groups excluding carboxylic acids is 2. The number of benzene rings is 1. The number of nitrogens with two attached hydrogens (primary N) is 1. The Morgan fingerprint density at radius 1 is 1.29 bits per heavy atom. The summed E-state index contributed by atoms with van der Waals surface area (Å²) >= 11 is 11.9. The predicted molar refractivity (Wildman–Crippen MR) is 87.1 cm³/mol. The largest absolute Gasteiger partial charge is 0.352 e. The molecule has 0 aliphatic heterocycles. The van der Waals surface area contributed by atoms with Gasteiger partial charge in [-0.2, -0.15) is 0 Å². The van der Waals surface area contributed by atoms with Crippen LogP contribution in [0.4, 0.5) is 0 Å². The van der Waals surface area contributed by atoms with Crippen LogP contribution in [-0.2, 0) is 16.0 Å². The molecule has 0 saturated heterocycles. The summed E-state index contributed by atoms with van der Waals surface area (Å²) in [5, 5.41) is 6.30. The van der Waals surface area contributed by atoms with Gasteiger partial charge in [0.25, 0.3) is 0 Å². The van der Waals surface area contributed by atoms with Gasteiger partial charge in [-0.1, -0.05) is 29.3 Å². The monoisotopic (exact) mass is 353 g/mol. The minimum atomic E-state index is -0.367. The summed E-state index contributed by atoms with van der Waals surface area (Å²) in [5.41, 5.74) is 6.02. The Labute approximate surface area is 140 Å². The van der Waals surface area contributed by atoms with Crippen molar-refractivity contribution in [2.24, 2.45) is 5.73 Å². The van der Waals surface area contributed by atoms with Crippen LogP contribution >= 0.6 is 35.6 Å². The third kappa shape index (κ3) is 7.52. The van der Waals surface area contributed by atoms with Crippen molar-refractivity contribution in [2.75, 3.05) is 13.1 Å². The van der Waals surface area contributed by atoms with E-state index in [-0.39, 0.29) is 43.4 Å². The smallest absolute Gasteiger partial charge is 0.239 e. The maximum absolute atomic E-state index is 11.6. The molecular weight excluding hydrogens is 337 g/mol. The van der Waals surface area contributed by atoms with Crippen LogP contribution in [0.15, 0.2) is 18.2 Å². The minimum Gasteiger partial charge on any atom is -0.352 e. The van der Waals surface area contributed by atoms with Crippen LogP contribution in [0.3, 0.4) is 0 Å². The fraction of sp³-hybridized carbons (Fsp3) is 0.385. The Balaban J connectivity index is 0.00000400. The highest BCUT2D eigenvalue weighted by molar-refractivity contribution is 6.35. The van der Waals surface area contributed by atoms with Crippen molar-refractivity contribution >= 4 is 47.4 Å². The highest BCUT2D eigenvalue weighted by Gasteiger charge is 2.11. The molecule has 21 heavy (non-hydrogen) atoms. The first-order valence-corrected chi connectivity index (χ1v) is 6.88. The molecular formula is C13H18Cl3N3O2. The first-order valence-electron chi connectivity index (χ1n) is 6.12. The quantitative estimate of drug-likeness (QED) is 0.724. The van der Waals surface area contributed by atoms with Crippen LogP contribution in [0.5, 0.6) is 0 Å². The zero-order chi connectivity index (χ0) is 15.1. The molecule has 0 saturated carbocycles.